The predicted octanol–water partition coefficient (Wildman–Crippen LogP) is 2.74. The molecule has 0 aliphatic heterocycles. The average molecular weight is 408 g/mol. The summed E-state index contributed by atoms with van der Waals surface area (Å²) >= 11 is 0. The van der Waals surface area contributed by atoms with E-state index in [1.807, 2.05) is 18.2 Å². The number of hydrogen-bond acceptors (Lipinski definition) is 5. The summed E-state index contributed by atoms with van der Waals surface area (Å²) in [7, 11) is -2.69. The van der Waals surface area contributed by atoms with E-state index in [-0.39, 0.29) is 4.90 Å². The van der Waals surface area contributed by atoms with Gasteiger partial charge >= 0.3 is 5.69 Å². The second-order valence-electron chi connectivity index (χ2n) is 6.26. The number of nitrogens with zero attached hydrogens (tertiary/aromatic N) is 2. The van der Waals surface area contributed by atoms with Gasteiger partial charge in [0.1, 0.15) is 5.75 Å². The number of hydrogen-bond donors (Lipinski definition) is 0. The Morgan fingerprint density at radius 1 is 0.897 bits per heavy atom. The number of benzene rings is 3. The lowest BCUT2D eigenvalue weighted by Gasteiger charge is -2.07. The molecule has 0 amide bonds. The minimum Gasteiger partial charge on any atom is -0.497 e. The summed E-state index contributed by atoms with van der Waals surface area (Å²) < 4.78 is 32.0. The lowest BCUT2D eigenvalue weighted by molar-refractivity contribution is 0.0957. The highest BCUT2D eigenvalue weighted by Crippen LogP contribution is 2.20. The van der Waals surface area contributed by atoms with Gasteiger partial charge in [0.05, 0.1) is 12.0 Å². The summed E-state index contributed by atoms with van der Waals surface area (Å²) in [4.78, 5) is 25.7. The van der Waals surface area contributed by atoms with E-state index in [1.54, 1.807) is 24.3 Å². The van der Waals surface area contributed by atoms with Gasteiger partial charge in [-0.15, -0.1) is 0 Å². The molecule has 0 radical (unpaired) electrons. The Balaban J connectivity index is 1.78. The number of ether oxygens (including phenoxy) is 1. The Kier molecular flexibility index (Phi) is 4.56. The molecular weight excluding hydrogens is 392 g/mol. The third-order valence-electron chi connectivity index (χ3n) is 4.60. The van der Waals surface area contributed by atoms with Crippen molar-refractivity contribution in [2.24, 2.45) is 0 Å². The van der Waals surface area contributed by atoms with Crippen LogP contribution in [0.25, 0.3) is 10.8 Å². The Morgan fingerprint density at radius 2 is 1.59 bits per heavy atom. The molecule has 0 bridgehead atoms. The van der Waals surface area contributed by atoms with Crippen LogP contribution in [-0.4, -0.2) is 30.0 Å². The maximum Gasteiger partial charge on any atom is 0.349 e. The first-order chi connectivity index (χ1) is 13.9. The molecule has 4 aromatic rings. The molecule has 8 heteroatoms. The first-order valence-electron chi connectivity index (χ1n) is 8.65. The third kappa shape index (κ3) is 3.13. The first kappa shape index (κ1) is 18.7. The number of carbonyl (C=O) groups is 1. The van der Waals surface area contributed by atoms with E-state index >= 15 is 0 Å². The van der Waals surface area contributed by atoms with Crippen molar-refractivity contribution in [3.63, 3.8) is 0 Å². The quantitative estimate of drug-likeness (QED) is 0.518. The maximum absolute atomic E-state index is 13.0. The van der Waals surface area contributed by atoms with Crippen LogP contribution in [0, 0.1) is 0 Å². The normalized spacial score (nSPS) is 11.5. The van der Waals surface area contributed by atoms with Gasteiger partial charge in [0.2, 0.25) is 0 Å². The van der Waals surface area contributed by atoms with Crippen molar-refractivity contribution in [3.8, 4) is 5.75 Å². The van der Waals surface area contributed by atoms with E-state index < -0.39 is 21.6 Å². The molecule has 0 atom stereocenters. The van der Waals surface area contributed by atoms with Gasteiger partial charge < -0.3 is 4.74 Å². The summed E-state index contributed by atoms with van der Waals surface area (Å²) in [5.41, 5.74) is -0.649. The summed E-state index contributed by atoms with van der Waals surface area (Å²) in [6.45, 7) is 0. The minimum atomic E-state index is -4.16. The van der Waals surface area contributed by atoms with E-state index in [2.05, 4.69) is 0 Å². The summed E-state index contributed by atoms with van der Waals surface area (Å²) in [5.74, 6) is -0.115. The zero-order chi connectivity index (χ0) is 20.6. The lowest BCUT2D eigenvalue weighted by Crippen LogP contribution is -2.32. The van der Waals surface area contributed by atoms with Crippen LogP contribution in [0.15, 0.2) is 88.8 Å². The number of imidazole rings is 1. The SMILES string of the molecule is COc1ccc(S(=O)(=O)n2ccn(C(=O)c3cccc4ccccc34)c2=O)cc1. The second-order valence-corrected chi connectivity index (χ2v) is 8.07. The van der Waals surface area contributed by atoms with Crippen molar-refractivity contribution in [1.82, 2.24) is 8.54 Å². The highest BCUT2D eigenvalue weighted by molar-refractivity contribution is 7.90. The molecule has 0 spiro atoms. The van der Waals surface area contributed by atoms with Crippen molar-refractivity contribution in [3.05, 3.63) is 95.2 Å². The van der Waals surface area contributed by atoms with E-state index in [4.69, 9.17) is 4.74 Å². The van der Waals surface area contributed by atoms with Crippen molar-refractivity contribution < 1.29 is 17.9 Å². The number of carbonyl (C=O) groups excluding carboxylic acids is 1. The molecule has 0 N–H and O–H groups in total. The highest BCUT2D eigenvalue weighted by Gasteiger charge is 2.23. The number of rotatable bonds is 4. The fraction of sp³-hybridized carbons (Fsp3) is 0.0476. The van der Waals surface area contributed by atoms with E-state index in [1.165, 1.54) is 31.4 Å². The Labute approximate surface area is 166 Å². The zero-order valence-electron chi connectivity index (χ0n) is 15.3. The van der Waals surface area contributed by atoms with E-state index in [0.29, 0.717) is 20.7 Å². The third-order valence-corrected chi connectivity index (χ3v) is 6.26. The van der Waals surface area contributed by atoms with Gasteiger partial charge in [-0.25, -0.2) is 17.8 Å². The van der Waals surface area contributed by atoms with Crippen LogP contribution in [-0.2, 0) is 10.0 Å². The fourth-order valence-electron chi connectivity index (χ4n) is 3.10. The van der Waals surface area contributed by atoms with Gasteiger partial charge in [-0.3, -0.25) is 4.79 Å². The van der Waals surface area contributed by atoms with Crippen molar-refractivity contribution >= 4 is 26.7 Å². The molecule has 1 heterocycles. The van der Waals surface area contributed by atoms with Crippen LogP contribution >= 0.6 is 0 Å². The van der Waals surface area contributed by atoms with Gasteiger partial charge in [-0.05, 0) is 41.1 Å². The topological polar surface area (TPSA) is 87.4 Å². The molecular formula is C21H16N2O5S. The van der Waals surface area contributed by atoms with Gasteiger partial charge in [-0.1, -0.05) is 36.4 Å². The maximum atomic E-state index is 13.0. The van der Waals surface area contributed by atoms with Crippen molar-refractivity contribution in [1.29, 1.82) is 0 Å². The smallest absolute Gasteiger partial charge is 0.349 e. The summed E-state index contributed by atoms with van der Waals surface area (Å²) in [6.07, 6.45) is 2.23. The van der Waals surface area contributed by atoms with Crippen LogP contribution in [0.2, 0.25) is 0 Å². The summed E-state index contributed by atoms with van der Waals surface area (Å²) in [6, 6.07) is 18.1. The van der Waals surface area contributed by atoms with Gasteiger partial charge in [-0.2, -0.15) is 3.97 Å². The van der Waals surface area contributed by atoms with Crippen LogP contribution in [0.4, 0.5) is 0 Å². The largest absolute Gasteiger partial charge is 0.497 e. The molecule has 0 aliphatic rings. The zero-order valence-corrected chi connectivity index (χ0v) is 16.2. The molecule has 3 aromatic carbocycles. The van der Waals surface area contributed by atoms with Gasteiger partial charge in [0.25, 0.3) is 15.9 Å². The fourth-order valence-corrected chi connectivity index (χ4v) is 4.32. The molecule has 0 saturated carbocycles. The van der Waals surface area contributed by atoms with Crippen LogP contribution in [0.1, 0.15) is 10.4 Å². The predicted molar refractivity (Wildman–Crippen MR) is 108 cm³/mol. The molecule has 146 valence electrons. The first-order valence-corrected chi connectivity index (χ1v) is 10.1. The molecule has 0 aliphatic carbocycles. The average Bonchev–Trinajstić information content (AvgIpc) is 3.15. The minimum absolute atomic E-state index is 0.0873. The molecule has 29 heavy (non-hydrogen) atoms. The molecule has 0 unspecified atom stereocenters. The van der Waals surface area contributed by atoms with E-state index in [0.717, 1.165) is 22.3 Å². The van der Waals surface area contributed by atoms with Crippen LogP contribution < -0.4 is 10.4 Å². The summed E-state index contributed by atoms with van der Waals surface area (Å²) in [5, 5.41) is 1.52. The molecule has 7 nitrogen and oxygen atoms in total. The lowest BCUT2D eigenvalue weighted by atomic mass is 10.0. The van der Waals surface area contributed by atoms with Crippen LogP contribution in [0.5, 0.6) is 5.75 Å². The number of methoxy groups -OCH3 is 1. The molecule has 1 aromatic heterocycles. The Hall–Kier alpha value is -3.65. The van der Waals surface area contributed by atoms with Gasteiger partial charge in [0, 0.05) is 18.0 Å². The molecule has 0 saturated heterocycles. The number of aromatic nitrogens is 2. The monoisotopic (exact) mass is 408 g/mol. The molecule has 4 rings (SSSR count). The molecule has 0 fully saturated rings. The van der Waals surface area contributed by atoms with E-state index in [9.17, 15) is 18.0 Å². The van der Waals surface area contributed by atoms with Crippen molar-refractivity contribution in [2.45, 2.75) is 4.90 Å². The Bertz CT molecular complexity index is 1380. The van der Waals surface area contributed by atoms with Crippen molar-refractivity contribution in [2.75, 3.05) is 7.11 Å². The standard InChI is InChI=1S/C21H16N2O5S/c1-28-16-9-11-17(12-10-16)29(26,27)23-14-13-22(21(23)25)20(24)19-8-4-6-15-5-2-3-7-18(15)19/h2-14H,1H3. The Morgan fingerprint density at radius 3 is 2.31 bits per heavy atom. The highest BCUT2D eigenvalue weighted by atomic mass is 32.2. The second kappa shape index (κ2) is 7.06. The van der Waals surface area contributed by atoms with Crippen LogP contribution in [0.3, 0.4) is 0 Å². The van der Waals surface area contributed by atoms with Gasteiger partial charge in [0.15, 0.2) is 0 Å². The number of fused-ring (bicyclic) bond motifs is 1.